The van der Waals surface area contributed by atoms with E-state index in [1.807, 2.05) is 0 Å². The van der Waals surface area contributed by atoms with Gasteiger partial charge in [0.05, 0.1) is 19.1 Å². The quantitative estimate of drug-likeness (QED) is 0.762. The van der Waals surface area contributed by atoms with Gasteiger partial charge in [-0.05, 0) is 38.8 Å². The summed E-state index contributed by atoms with van der Waals surface area (Å²) in [6.07, 6.45) is 1.44. The van der Waals surface area contributed by atoms with E-state index in [1.54, 1.807) is 30.9 Å². The van der Waals surface area contributed by atoms with Crippen molar-refractivity contribution in [2.24, 2.45) is 5.92 Å². The lowest BCUT2D eigenvalue weighted by atomic mass is 9.98. The van der Waals surface area contributed by atoms with Crippen LogP contribution in [-0.4, -0.2) is 54.0 Å². The summed E-state index contributed by atoms with van der Waals surface area (Å²) in [5.74, 6) is -1.44. The monoisotopic (exact) mass is 334 g/mol. The molecule has 1 atom stereocenters. The van der Waals surface area contributed by atoms with Crippen molar-refractivity contribution in [1.82, 2.24) is 9.88 Å². The minimum atomic E-state index is -0.560. The Balaban J connectivity index is 2.09. The number of rotatable bonds is 5. The Kier molecular flexibility index (Phi) is 6.28. The summed E-state index contributed by atoms with van der Waals surface area (Å²) in [7, 11) is 0. The molecule has 2 heterocycles. The molecule has 0 aliphatic carbocycles. The van der Waals surface area contributed by atoms with E-state index < -0.39 is 5.97 Å². The number of amides is 1. The summed E-state index contributed by atoms with van der Waals surface area (Å²) in [6.45, 7) is 4.89. The molecule has 7 heteroatoms. The van der Waals surface area contributed by atoms with Gasteiger partial charge in [0.15, 0.2) is 0 Å². The lowest BCUT2D eigenvalue weighted by Crippen LogP contribution is -2.43. The molecule has 7 nitrogen and oxygen atoms in total. The highest BCUT2D eigenvalue weighted by Crippen LogP contribution is 2.19. The Bertz CT molecular complexity index is 617. The van der Waals surface area contributed by atoms with Gasteiger partial charge in [-0.25, -0.2) is 9.78 Å². The van der Waals surface area contributed by atoms with Crippen molar-refractivity contribution < 1.29 is 23.9 Å². The molecular weight excluding hydrogens is 312 g/mol. The van der Waals surface area contributed by atoms with E-state index in [0.717, 1.165) is 6.42 Å². The van der Waals surface area contributed by atoms with Gasteiger partial charge in [0.25, 0.3) is 5.91 Å². The van der Waals surface area contributed by atoms with E-state index in [2.05, 4.69) is 4.98 Å². The molecule has 24 heavy (non-hydrogen) atoms. The fraction of sp³-hybridized carbons (Fsp3) is 0.529. The fourth-order valence-corrected chi connectivity index (χ4v) is 2.65. The van der Waals surface area contributed by atoms with E-state index in [4.69, 9.17) is 9.47 Å². The molecule has 0 aromatic carbocycles. The van der Waals surface area contributed by atoms with Gasteiger partial charge in [0, 0.05) is 13.1 Å². The fourth-order valence-electron chi connectivity index (χ4n) is 2.65. The number of ether oxygens (including phenoxy) is 2. The van der Waals surface area contributed by atoms with Crippen LogP contribution in [0.3, 0.4) is 0 Å². The summed E-state index contributed by atoms with van der Waals surface area (Å²) in [6, 6.07) is 4.66. The second-order valence-corrected chi connectivity index (χ2v) is 5.47. The van der Waals surface area contributed by atoms with E-state index in [1.165, 1.54) is 6.07 Å². The maximum absolute atomic E-state index is 12.6. The Morgan fingerprint density at radius 3 is 2.58 bits per heavy atom. The largest absolute Gasteiger partial charge is 0.466 e. The van der Waals surface area contributed by atoms with Gasteiger partial charge in [-0.15, -0.1) is 0 Å². The second-order valence-electron chi connectivity index (χ2n) is 5.47. The number of aromatic nitrogens is 1. The molecule has 0 spiro atoms. The lowest BCUT2D eigenvalue weighted by molar-refractivity contribution is -0.149. The van der Waals surface area contributed by atoms with Crippen LogP contribution in [0.15, 0.2) is 18.2 Å². The van der Waals surface area contributed by atoms with Crippen molar-refractivity contribution in [2.45, 2.75) is 26.7 Å². The van der Waals surface area contributed by atoms with Gasteiger partial charge in [0.2, 0.25) is 0 Å². The van der Waals surface area contributed by atoms with E-state index in [-0.39, 0.29) is 35.8 Å². The molecule has 1 fully saturated rings. The number of hydrogen-bond donors (Lipinski definition) is 0. The van der Waals surface area contributed by atoms with Crippen LogP contribution < -0.4 is 0 Å². The van der Waals surface area contributed by atoms with Crippen molar-refractivity contribution in [1.29, 1.82) is 0 Å². The maximum Gasteiger partial charge on any atom is 0.356 e. The minimum absolute atomic E-state index is 0.0988. The zero-order valence-corrected chi connectivity index (χ0v) is 14.0. The van der Waals surface area contributed by atoms with Crippen molar-refractivity contribution in [2.75, 3.05) is 26.3 Å². The van der Waals surface area contributed by atoms with Crippen LogP contribution in [0.1, 0.15) is 47.7 Å². The second kappa shape index (κ2) is 8.42. The summed E-state index contributed by atoms with van der Waals surface area (Å²) < 4.78 is 9.93. The summed E-state index contributed by atoms with van der Waals surface area (Å²) in [5, 5.41) is 0. The first-order valence-electron chi connectivity index (χ1n) is 8.16. The van der Waals surface area contributed by atoms with E-state index in [9.17, 15) is 14.4 Å². The van der Waals surface area contributed by atoms with Crippen LogP contribution in [0, 0.1) is 5.92 Å². The van der Waals surface area contributed by atoms with E-state index >= 15 is 0 Å². The van der Waals surface area contributed by atoms with Crippen molar-refractivity contribution in [3.63, 3.8) is 0 Å². The SMILES string of the molecule is CCOC(=O)c1cccc(C(=O)N2CCCC(C(=O)OCC)C2)n1. The molecule has 1 aliphatic heterocycles. The number of carbonyl (C=O) groups is 3. The molecule has 1 aromatic rings. The summed E-state index contributed by atoms with van der Waals surface area (Å²) in [4.78, 5) is 41.9. The molecular formula is C17H22N2O5. The van der Waals surface area contributed by atoms with Gasteiger partial charge >= 0.3 is 11.9 Å². The minimum Gasteiger partial charge on any atom is -0.466 e. The normalized spacial score (nSPS) is 17.2. The number of piperidine rings is 1. The molecule has 130 valence electrons. The average molecular weight is 334 g/mol. The number of hydrogen-bond acceptors (Lipinski definition) is 6. The summed E-state index contributed by atoms with van der Waals surface area (Å²) in [5.41, 5.74) is 0.270. The molecule has 1 amide bonds. The molecule has 1 unspecified atom stereocenters. The molecule has 1 aliphatic rings. The van der Waals surface area contributed by atoms with Crippen molar-refractivity contribution >= 4 is 17.8 Å². The van der Waals surface area contributed by atoms with Crippen LogP contribution in [0.2, 0.25) is 0 Å². The number of nitrogens with zero attached hydrogens (tertiary/aromatic N) is 2. The third-order valence-corrected chi connectivity index (χ3v) is 3.78. The highest BCUT2D eigenvalue weighted by atomic mass is 16.5. The van der Waals surface area contributed by atoms with Gasteiger partial charge in [-0.1, -0.05) is 6.07 Å². The Morgan fingerprint density at radius 1 is 1.17 bits per heavy atom. The molecule has 0 N–H and O–H groups in total. The highest BCUT2D eigenvalue weighted by molar-refractivity contribution is 5.95. The molecule has 0 saturated carbocycles. The smallest absolute Gasteiger partial charge is 0.356 e. The predicted octanol–water partition coefficient (Wildman–Crippen LogP) is 1.67. The first-order valence-corrected chi connectivity index (χ1v) is 8.16. The van der Waals surface area contributed by atoms with Crippen LogP contribution in [0.25, 0.3) is 0 Å². The highest BCUT2D eigenvalue weighted by Gasteiger charge is 2.30. The first kappa shape index (κ1) is 17.9. The number of esters is 2. The van der Waals surface area contributed by atoms with Crippen LogP contribution in [0.5, 0.6) is 0 Å². The predicted molar refractivity (Wildman–Crippen MR) is 85.5 cm³/mol. The Hall–Kier alpha value is -2.44. The topological polar surface area (TPSA) is 85.8 Å². The lowest BCUT2D eigenvalue weighted by Gasteiger charge is -2.31. The summed E-state index contributed by atoms with van der Waals surface area (Å²) >= 11 is 0. The molecule has 0 bridgehead atoms. The van der Waals surface area contributed by atoms with Crippen LogP contribution >= 0.6 is 0 Å². The average Bonchev–Trinajstić information content (AvgIpc) is 2.61. The molecule has 2 rings (SSSR count). The van der Waals surface area contributed by atoms with Crippen molar-refractivity contribution in [3.8, 4) is 0 Å². The number of carbonyl (C=O) groups excluding carboxylic acids is 3. The first-order chi connectivity index (χ1) is 11.6. The van der Waals surface area contributed by atoms with Crippen LogP contribution in [0.4, 0.5) is 0 Å². The molecule has 0 radical (unpaired) electrons. The zero-order chi connectivity index (χ0) is 17.5. The molecule has 1 saturated heterocycles. The zero-order valence-electron chi connectivity index (χ0n) is 14.0. The third-order valence-electron chi connectivity index (χ3n) is 3.78. The van der Waals surface area contributed by atoms with Gasteiger partial charge in [0.1, 0.15) is 11.4 Å². The van der Waals surface area contributed by atoms with E-state index in [0.29, 0.717) is 26.1 Å². The third kappa shape index (κ3) is 4.31. The van der Waals surface area contributed by atoms with Crippen LogP contribution in [-0.2, 0) is 14.3 Å². The molecule has 1 aromatic heterocycles. The van der Waals surface area contributed by atoms with Gasteiger partial charge in [-0.3, -0.25) is 9.59 Å². The Morgan fingerprint density at radius 2 is 1.88 bits per heavy atom. The standard InChI is InChI=1S/C17H22N2O5/c1-3-23-16(21)12-7-6-10-19(11-12)15(20)13-8-5-9-14(18-13)17(22)24-4-2/h5,8-9,12H,3-4,6-7,10-11H2,1-2H3. The van der Waals surface area contributed by atoms with Gasteiger partial charge < -0.3 is 14.4 Å². The number of likely N-dealkylation sites (tertiary alicyclic amines) is 1. The Labute approximate surface area is 140 Å². The maximum atomic E-state index is 12.6. The van der Waals surface area contributed by atoms with Crippen molar-refractivity contribution in [3.05, 3.63) is 29.6 Å². The number of pyridine rings is 1. The van der Waals surface area contributed by atoms with Gasteiger partial charge in [-0.2, -0.15) is 0 Å².